The summed E-state index contributed by atoms with van der Waals surface area (Å²) >= 11 is 1.94. The third-order valence-electron chi connectivity index (χ3n) is 2.87. The van der Waals surface area contributed by atoms with Gasteiger partial charge in [-0.05, 0) is 19.8 Å². The summed E-state index contributed by atoms with van der Waals surface area (Å²) in [5, 5.41) is 12.8. The van der Waals surface area contributed by atoms with Crippen molar-refractivity contribution in [3.63, 3.8) is 0 Å². The SMILES string of the molecule is CC(CCCO)NC(=O)N1CC(C)SC(C)C1. The lowest BCUT2D eigenvalue weighted by Crippen LogP contribution is -2.50. The van der Waals surface area contributed by atoms with E-state index in [0.29, 0.717) is 10.5 Å². The number of nitrogens with zero attached hydrogens (tertiary/aromatic N) is 1. The smallest absolute Gasteiger partial charge is 0.317 e. The molecule has 0 radical (unpaired) electrons. The largest absolute Gasteiger partial charge is 0.396 e. The van der Waals surface area contributed by atoms with Crippen molar-refractivity contribution in [2.24, 2.45) is 0 Å². The molecule has 0 aromatic heterocycles. The predicted molar refractivity (Wildman–Crippen MR) is 72.4 cm³/mol. The highest BCUT2D eigenvalue weighted by Crippen LogP contribution is 2.24. The Kier molecular flexibility index (Phi) is 6.12. The normalized spacial score (nSPS) is 26.7. The Bertz CT molecular complexity index is 241. The Balaban J connectivity index is 2.36. The maximum absolute atomic E-state index is 12.0. The molecule has 1 aliphatic heterocycles. The van der Waals surface area contributed by atoms with Crippen LogP contribution < -0.4 is 5.32 Å². The molecule has 17 heavy (non-hydrogen) atoms. The third kappa shape index (κ3) is 5.17. The second-order valence-electron chi connectivity index (χ2n) is 4.88. The van der Waals surface area contributed by atoms with E-state index in [1.807, 2.05) is 23.6 Å². The van der Waals surface area contributed by atoms with Crippen LogP contribution >= 0.6 is 11.8 Å². The molecule has 1 rings (SSSR count). The van der Waals surface area contributed by atoms with E-state index < -0.39 is 0 Å². The molecule has 100 valence electrons. The highest BCUT2D eigenvalue weighted by molar-refractivity contribution is 8.00. The van der Waals surface area contributed by atoms with E-state index in [4.69, 9.17) is 5.11 Å². The number of hydrogen-bond acceptors (Lipinski definition) is 3. The van der Waals surface area contributed by atoms with Crippen LogP contribution in [0.3, 0.4) is 0 Å². The van der Waals surface area contributed by atoms with Gasteiger partial charge in [0.25, 0.3) is 0 Å². The molecule has 5 heteroatoms. The zero-order chi connectivity index (χ0) is 12.8. The number of carbonyl (C=O) groups is 1. The van der Waals surface area contributed by atoms with E-state index in [1.54, 1.807) is 0 Å². The second-order valence-corrected chi connectivity index (χ2v) is 6.76. The molecular weight excluding hydrogens is 236 g/mol. The first kappa shape index (κ1) is 14.6. The summed E-state index contributed by atoms with van der Waals surface area (Å²) < 4.78 is 0. The van der Waals surface area contributed by atoms with Crippen LogP contribution in [0.4, 0.5) is 4.79 Å². The van der Waals surface area contributed by atoms with Gasteiger partial charge in [-0.25, -0.2) is 4.79 Å². The highest BCUT2D eigenvalue weighted by atomic mass is 32.2. The van der Waals surface area contributed by atoms with E-state index in [-0.39, 0.29) is 18.7 Å². The Morgan fingerprint density at radius 3 is 2.59 bits per heavy atom. The van der Waals surface area contributed by atoms with Gasteiger partial charge in [-0.2, -0.15) is 11.8 Å². The quantitative estimate of drug-likeness (QED) is 0.808. The highest BCUT2D eigenvalue weighted by Gasteiger charge is 2.26. The molecule has 2 N–H and O–H groups in total. The van der Waals surface area contributed by atoms with Gasteiger partial charge in [-0.3, -0.25) is 0 Å². The lowest BCUT2D eigenvalue weighted by atomic mass is 10.2. The van der Waals surface area contributed by atoms with Gasteiger partial charge < -0.3 is 15.3 Å². The Labute approximate surface area is 108 Å². The second kappa shape index (κ2) is 7.11. The maximum atomic E-state index is 12.0. The van der Waals surface area contributed by atoms with Crippen LogP contribution in [0.1, 0.15) is 33.6 Å². The molecule has 0 aliphatic carbocycles. The van der Waals surface area contributed by atoms with Gasteiger partial charge in [0.05, 0.1) is 0 Å². The van der Waals surface area contributed by atoms with Crippen LogP contribution in [0, 0.1) is 0 Å². The average Bonchev–Trinajstić information content (AvgIpc) is 2.25. The van der Waals surface area contributed by atoms with Crippen LogP contribution in [0.15, 0.2) is 0 Å². The fraction of sp³-hybridized carbons (Fsp3) is 0.917. The number of rotatable bonds is 4. The average molecular weight is 260 g/mol. The van der Waals surface area contributed by atoms with E-state index in [9.17, 15) is 4.79 Å². The van der Waals surface area contributed by atoms with Crippen molar-refractivity contribution in [1.29, 1.82) is 0 Å². The third-order valence-corrected chi connectivity index (χ3v) is 4.10. The van der Waals surface area contributed by atoms with Crippen molar-refractivity contribution in [3.8, 4) is 0 Å². The summed E-state index contributed by atoms with van der Waals surface area (Å²) in [6.07, 6.45) is 1.57. The van der Waals surface area contributed by atoms with Crippen molar-refractivity contribution in [3.05, 3.63) is 0 Å². The fourth-order valence-electron chi connectivity index (χ4n) is 2.12. The van der Waals surface area contributed by atoms with Crippen LogP contribution in [0.2, 0.25) is 0 Å². The van der Waals surface area contributed by atoms with Crippen molar-refractivity contribution < 1.29 is 9.90 Å². The molecular formula is C12H24N2O2S. The summed E-state index contributed by atoms with van der Waals surface area (Å²) in [5.74, 6) is 0. The van der Waals surface area contributed by atoms with E-state index in [2.05, 4.69) is 19.2 Å². The van der Waals surface area contributed by atoms with Crippen LogP contribution in [-0.2, 0) is 0 Å². The minimum Gasteiger partial charge on any atom is -0.396 e. The number of hydrogen-bond donors (Lipinski definition) is 2. The van der Waals surface area contributed by atoms with Crippen molar-refractivity contribution in [1.82, 2.24) is 10.2 Å². The van der Waals surface area contributed by atoms with Gasteiger partial charge in [0.2, 0.25) is 0 Å². The summed E-state index contributed by atoms with van der Waals surface area (Å²) in [4.78, 5) is 13.9. The molecule has 4 nitrogen and oxygen atoms in total. The molecule has 1 heterocycles. The van der Waals surface area contributed by atoms with Gasteiger partial charge in [0.1, 0.15) is 0 Å². The summed E-state index contributed by atoms with van der Waals surface area (Å²) in [6.45, 7) is 8.15. The van der Waals surface area contributed by atoms with Crippen molar-refractivity contribution in [2.45, 2.75) is 50.2 Å². The molecule has 1 aliphatic rings. The number of thioether (sulfide) groups is 1. The van der Waals surface area contributed by atoms with E-state index in [0.717, 1.165) is 25.9 Å². The molecule has 0 spiro atoms. The van der Waals surface area contributed by atoms with E-state index in [1.165, 1.54) is 0 Å². The van der Waals surface area contributed by atoms with E-state index >= 15 is 0 Å². The molecule has 1 fully saturated rings. The number of aliphatic hydroxyl groups excluding tert-OH is 1. The van der Waals surface area contributed by atoms with Crippen LogP contribution in [-0.4, -0.2) is 52.3 Å². The maximum Gasteiger partial charge on any atom is 0.317 e. The number of carbonyl (C=O) groups excluding carboxylic acids is 1. The van der Waals surface area contributed by atoms with Gasteiger partial charge in [0, 0.05) is 36.2 Å². The fourth-order valence-corrected chi connectivity index (χ4v) is 3.44. The van der Waals surface area contributed by atoms with Crippen molar-refractivity contribution >= 4 is 17.8 Å². The zero-order valence-corrected chi connectivity index (χ0v) is 11.8. The van der Waals surface area contributed by atoms with Gasteiger partial charge in [0.15, 0.2) is 0 Å². The van der Waals surface area contributed by atoms with Crippen molar-refractivity contribution in [2.75, 3.05) is 19.7 Å². The molecule has 2 amide bonds. The minimum atomic E-state index is 0.0365. The Morgan fingerprint density at radius 2 is 2.06 bits per heavy atom. The van der Waals surface area contributed by atoms with Gasteiger partial charge in [-0.1, -0.05) is 13.8 Å². The number of nitrogens with one attached hydrogen (secondary N) is 1. The molecule has 1 saturated heterocycles. The topological polar surface area (TPSA) is 52.6 Å². The van der Waals surface area contributed by atoms with Crippen LogP contribution in [0.25, 0.3) is 0 Å². The monoisotopic (exact) mass is 260 g/mol. The van der Waals surface area contributed by atoms with Crippen LogP contribution in [0.5, 0.6) is 0 Å². The molecule has 0 aromatic rings. The van der Waals surface area contributed by atoms with Gasteiger partial charge in [-0.15, -0.1) is 0 Å². The summed E-state index contributed by atoms with van der Waals surface area (Å²) in [7, 11) is 0. The number of amides is 2. The molecule has 0 bridgehead atoms. The lowest BCUT2D eigenvalue weighted by molar-refractivity contribution is 0.191. The number of aliphatic hydroxyl groups is 1. The summed E-state index contributed by atoms with van der Waals surface area (Å²) in [5.41, 5.74) is 0. The molecule has 0 saturated carbocycles. The Morgan fingerprint density at radius 1 is 1.47 bits per heavy atom. The first-order valence-electron chi connectivity index (χ1n) is 6.34. The lowest BCUT2D eigenvalue weighted by Gasteiger charge is -2.35. The first-order chi connectivity index (χ1) is 8.02. The zero-order valence-electron chi connectivity index (χ0n) is 11.0. The minimum absolute atomic E-state index is 0.0365. The number of urea groups is 1. The standard InChI is InChI=1S/C12H24N2O2S/c1-9(5-4-6-15)13-12(16)14-7-10(2)17-11(3)8-14/h9-11,15H,4-8H2,1-3H3,(H,13,16). The predicted octanol–water partition coefficient (Wildman–Crippen LogP) is 1.68. The Hall–Kier alpha value is -0.420. The summed E-state index contributed by atoms with van der Waals surface area (Å²) in [6, 6.07) is 0.171. The molecule has 0 aromatic carbocycles. The first-order valence-corrected chi connectivity index (χ1v) is 7.29. The molecule has 3 atom stereocenters. The van der Waals surface area contributed by atoms with Gasteiger partial charge >= 0.3 is 6.03 Å². The molecule has 3 unspecified atom stereocenters.